The standard InChI is InChI=1S/C23H30N2O8S/c1-29-17-6-5-16(20(13-17)30-2)7-8-24-23(26)19-14-18(15-21(31-3)22(19)32-4)34(27,28)25-9-11-33-12-10-25/h5-6,13-15H,7-12H2,1-4H3,(H,24,26). The summed E-state index contributed by atoms with van der Waals surface area (Å²) in [7, 11) is 2.08. The Balaban J connectivity index is 1.83. The van der Waals surface area contributed by atoms with Gasteiger partial charge in [0.1, 0.15) is 11.5 Å². The first-order valence-corrected chi connectivity index (χ1v) is 12.1. The van der Waals surface area contributed by atoms with Crippen LogP contribution >= 0.6 is 0 Å². The van der Waals surface area contributed by atoms with Gasteiger partial charge in [0.25, 0.3) is 5.91 Å². The third-order valence-electron chi connectivity index (χ3n) is 5.48. The van der Waals surface area contributed by atoms with Crippen LogP contribution in [0.15, 0.2) is 35.2 Å². The number of rotatable bonds is 10. The van der Waals surface area contributed by atoms with Crippen LogP contribution in [0.4, 0.5) is 0 Å². The average molecular weight is 495 g/mol. The van der Waals surface area contributed by atoms with Gasteiger partial charge >= 0.3 is 0 Å². The maximum absolute atomic E-state index is 13.2. The van der Waals surface area contributed by atoms with E-state index in [1.54, 1.807) is 20.3 Å². The second-order valence-corrected chi connectivity index (χ2v) is 9.34. The molecule has 2 aromatic carbocycles. The Morgan fingerprint density at radius 3 is 2.29 bits per heavy atom. The molecule has 0 atom stereocenters. The monoisotopic (exact) mass is 494 g/mol. The number of sulfonamides is 1. The first-order chi connectivity index (χ1) is 16.3. The normalized spacial score (nSPS) is 14.4. The van der Waals surface area contributed by atoms with Gasteiger partial charge in [-0.2, -0.15) is 4.31 Å². The lowest BCUT2D eigenvalue weighted by Crippen LogP contribution is -2.40. The molecule has 186 valence electrons. The summed E-state index contributed by atoms with van der Waals surface area (Å²) >= 11 is 0. The van der Waals surface area contributed by atoms with E-state index in [1.165, 1.54) is 30.7 Å². The van der Waals surface area contributed by atoms with Crippen molar-refractivity contribution in [3.8, 4) is 23.0 Å². The van der Waals surface area contributed by atoms with E-state index in [2.05, 4.69) is 5.32 Å². The van der Waals surface area contributed by atoms with Gasteiger partial charge in [-0.05, 0) is 24.1 Å². The highest BCUT2D eigenvalue weighted by atomic mass is 32.2. The Morgan fingerprint density at radius 2 is 1.68 bits per heavy atom. The minimum Gasteiger partial charge on any atom is -0.497 e. The van der Waals surface area contributed by atoms with E-state index in [1.807, 2.05) is 12.1 Å². The largest absolute Gasteiger partial charge is 0.497 e. The molecule has 0 aromatic heterocycles. The molecule has 1 heterocycles. The molecule has 1 aliphatic heterocycles. The molecule has 0 radical (unpaired) electrons. The van der Waals surface area contributed by atoms with Crippen LogP contribution in [0.25, 0.3) is 0 Å². The molecule has 0 aliphatic carbocycles. The maximum atomic E-state index is 13.2. The van der Waals surface area contributed by atoms with Gasteiger partial charge in [-0.15, -0.1) is 0 Å². The molecular formula is C23H30N2O8S. The molecule has 3 rings (SSSR count). The first-order valence-electron chi connectivity index (χ1n) is 10.7. The van der Waals surface area contributed by atoms with Crippen molar-refractivity contribution in [1.82, 2.24) is 9.62 Å². The van der Waals surface area contributed by atoms with Gasteiger partial charge in [0.2, 0.25) is 10.0 Å². The van der Waals surface area contributed by atoms with E-state index in [0.29, 0.717) is 31.1 Å². The van der Waals surface area contributed by atoms with E-state index >= 15 is 0 Å². The van der Waals surface area contributed by atoms with Crippen LogP contribution in [-0.2, 0) is 21.2 Å². The minimum atomic E-state index is -3.85. The van der Waals surface area contributed by atoms with Gasteiger partial charge in [0.05, 0.1) is 52.1 Å². The van der Waals surface area contributed by atoms with Crippen molar-refractivity contribution in [2.45, 2.75) is 11.3 Å². The fourth-order valence-corrected chi connectivity index (χ4v) is 5.11. The van der Waals surface area contributed by atoms with E-state index in [4.69, 9.17) is 23.7 Å². The number of hydrogen-bond donors (Lipinski definition) is 1. The Kier molecular flexibility index (Phi) is 8.59. The zero-order chi connectivity index (χ0) is 24.7. The number of hydrogen-bond acceptors (Lipinski definition) is 8. The molecule has 34 heavy (non-hydrogen) atoms. The molecule has 0 saturated carbocycles. The van der Waals surface area contributed by atoms with Crippen LogP contribution in [0.5, 0.6) is 23.0 Å². The summed E-state index contributed by atoms with van der Waals surface area (Å²) in [5.41, 5.74) is 0.951. The molecule has 11 heteroatoms. The molecule has 10 nitrogen and oxygen atoms in total. The summed E-state index contributed by atoms with van der Waals surface area (Å²) in [6.07, 6.45) is 0.490. The van der Waals surface area contributed by atoms with Crippen LogP contribution in [-0.4, -0.2) is 79.9 Å². The summed E-state index contributed by atoms with van der Waals surface area (Å²) in [5, 5.41) is 2.82. The lowest BCUT2D eigenvalue weighted by atomic mass is 10.1. The van der Waals surface area contributed by atoms with Crippen LogP contribution in [0, 0.1) is 0 Å². The number of nitrogens with zero attached hydrogens (tertiary/aromatic N) is 1. The summed E-state index contributed by atoms with van der Waals surface area (Å²) in [4.78, 5) is 13.0. The maximum Gasteiger partial charge on any atom is 0.255 e. The molecule has 0 spiro atoms. The van der Waals surface area contributed by atoms with Gasteiger partial charge in [0.15, 0.2) is 11.5 Å². The molecule has 0 unspecified atom stereocenters. The molecule has 1 amide bonds. The third-order valence-corrected chi connectivity index (χ3v) is 7.36. The SMILES string of the molecule is COc1ccc(CCNC(=O)c2cc(S(=O)(=O)N3CCOCC3)cc(OC)c2OC)c(OC)c1. The number of morpholine rings is 1. The van der Waals surface area contributed by atoms with E-state index in [0.717, 1.165) is 5.56 Å². The minimum absolute atomic E-state index is 0.0472. The lowest BCUT2D eigenvalue weighted by molar-refractivity contribution is 0.0730. The third kappa shape index (κ3) is 5.54. The van der Waals surface area contributed by atoms with Crippen LogP contribution < -0.4 is 24.3 Å². The van der Waals surface area contributed by atoms with Crippen LogP contribution in [0.2, 0.25) is 0 Å². The number of amides is 1. The molecule has 1 N–H and O–H groups in total. The molecular weight excluding hydrogens is 464 g/mol. The molecule has 0 bridgehead atoms. The fourth-order valence-electron chi connectivity index (χ4n) is 3.66. The summed E-state index contributed by atoms with van der Waals surface area (Å²) in [5.74, 6) is 1.13. The Bertz CT molecular complexity index is 1110. The van der Waals surface area contributed by atoms with Gasteiger partial charge in [0, 0.05) is 31.8 Å². The number of nitrogens with one attached hydrogen (secondary N) is 1. The van der Waals surface area contributed by atoms with E-state index in [9.17, 15) is 13.2 Å². The topological polar surface area (TPSA) is 113 Å². The van der Waals surface area contributed by atoms with Crippen LogP contribution in [0.1, 0.15) is 15.9 Å². The smallest absolute Gasteiger partial charge is 0.255 e. The number of methoxy groups -OCH3 is 4. The van der Waals surface area contributed by atoms with Crippen molar-refractivity contribution in [2.24, 2.45) is 0 Å². The molecule has 1 aliphatic rings. The van der Waals surface area contributed by atoms with Gasteiger partial charge in [-0.1, -0.05) is 6.07 Å². The van der Waals surface area contributed by atoms with Gasteiger partial charge in [-0.3, -0.25) is 4.79 Å². The predicted octanol–water partition coefficient (Wildman–Crippen LogP) is 1.71. The lowest BCUT2D eigenvalue weighted by Gasteiger charge is -2.26. The zero-order valence-corrected chi connectivity index (χ0v) is 20.6. The quantitative estimate of drug-likeness (QED) is 0.531. The van der Waals surface area contributed by atoms with Crippen molar-refractivity contribution in [2.75, 3.05) is 61.3 Å². The number of benzene rings is 2. The number of carbonyl (C=O) groups excluding carboxylic acids is 1. The van der Waals surface area contributed by atoms with E-state index < -0.39 is 15.9 Å². The first kappa shape index (κ1) is 25.6. The summed E-state index contributed by atoms with van der Waals surface area (Å²) in [6, 6.07) is 8.12. The molecule has 1 fully saturated rings. The van der Waals surface area contributed by atoms with Gasteiger partial charge in [-0.25, -0.2) is 8.42 Å². The number of ether oxygens (including phenoxy) is 5. The van der Waals surface area contributed by atoms with E-state index in [-0.39, 0.29) is 41.6 Å². The summed E-state index contributed by atoms with van der Waals surface area (Å²) < 4.78 is 54.2. The van der Waals surface area contributed by atoms with Crippen molar-refractivity contribution in [3.63, 3.8) is 0 Å². The van der Waals surface area contributed by atoms with Crippen molar-refractivity contribution >= 4 is 15.9 Å². The fraction of sp³-hybridized carbons (Fsp3) is 0.435. The highest BCUT2D eigenvalue weighted by Crippen LogP contribution is 2.35. The highest BCUT2D eigenvalue weighted by molar-refractivity contribution is 7.89. The Morgan fingerprint density at radius 1 is 0.971 bits per heavy atom. The molecule has 2 aromatic rings. The van der Waals surface area contributed by atoms with Crippen molar-refractivity contribution in [1.29, 1.82) is 0 Å². The Labute approximate surface area is 199 Å². The van der Waals surface area contributed by atoms with Crippen molar-refractivity contribution in [3.05, 3.63) is 41.5 Å². The van der Waals surface area contributed by atoms with Crippen LogP contribution in [0.3, 0.4) is 0 Å². The average Bonchev–Trinajstić information content (AvgIpc) is 2.88. The number of carbonyl (C=O) groups is 1. The van der Waals surface area contributed by atoms with Gasteiger partial charge < -0.3 is 29.0 Å². The Hall–Kier alpha value is -3.02. The van der Waals surface area contributed by atoms with Crippen molar-refractivity contribution < 1.29 is 36.9 Å². The summed E-state index contributed by atoms with van der Waals surface area (Å²) in [6.45, 7) is 1.39. The zero-order valence-electron chi connectivity index (χ0n) is 19.8. The molecule has 1 saturated heterocycles. The second kappa shape index (κ2) is 11.4. The predicted molar refractivity (Wildman–Crippen MR) is 125 cm³/mol. The second-order valence-electron chi connectivity index (χ2n) is 7.41. The highest BCUT2D eigenvalue weighted by Gasteiger charge is 2.30.